The quantitative estimate of drug-likeness (QED) is 0.880. The van der Waals surface area contributed by atoms with E-state index in [0.29, 0.717) is 26.2 Å². The van der Waals surface area contributed by atoms with Crippen LogP contribution in [-0.4, -0.2) is 30.5 Å². The molecule has 1 aromatic heterocycles. The number of rotatable bonds is 4. The van der Waals surface area contributed by atoms with E-state index < -0.39 is 0 Å². The number of ketones is 1. The number of Topliss-reactive ketones (excluding diaryl/α,β-unsaturated/α-hetero) is 1. The minimum atomic E-state index is -0.379. The smallest absolute Gasteiger partial charge is 0.146 e. The number of carbonyl (C=O) groups excluding carboxylic acids is 1. The Morgan fingerprint density at radius 2 is 2.29 bits per heavy atom. The van der Waals surface area contributed by atoms with Crippen LogP contribution >= 0.6 is 11.3 Å². The van der Waals surface area contributed by atoms with Crippen molar-refractivity contribution in [2.24, 2.45) is 11.1 Å². The lowest BCUT2D eigenvalue weighted by atomic mass is 9.75. The maximum atomic E-state index is 12.4. The molecule has 17 heavy (non-hydrogen) atoms. The fourth-order valence-corrected chi connectivity index (χ4v) is 2.81. The highest BCUT2D eigenvalue weighted by Crippen LogP contribution is 2.31. The van der Waals surface area contributed by atoms with Crippen LogP contribution in [0, 0.1) is 12.3 Å². The van der Waals surface area contributed by atoms with E-state index in [1.54, 1.807) is 11.3 Å². The standard InChI is InChI=1S/C12H18N2O2S/c1-9-14-10(7-17-9)6-11(15)12(8-13)2-4-16-5-3-12/h7H,2-6,8,13H2,1H3. The van der Waals surface area contributed by atoms with E-state index in [-0.39, 0.29) is 11.2 Å². The van der Waals surface area contributed by atoms with Gasteiger partial charge in [-0.1, -0.05) is 0 Å². The van der Waals surface area contributed by atoms with Gasteiger partial charge in [-0.3, -0.25) is 4.79 Å². The van der Waals surface area contributed by atoms with Crippen LogP contribution in [0.3, 0.4) is 0 Å². The zero-order chi connectivity index (χ0) is 12.3. The first-order chi connectivity index (χ1) is 8.16. The summed E-state index contributed by atoms with van der Waals surface area (Å²) in [5.41, 5.74) is 6.30. The van der Waals surface area contributed by atoms with Crippen molar-refractivity contribution in [1.82, 2.24) is 4.98 Å². The van der Waals surface area contributed by atoms with Crippen LogP contribution in [0.2, 0.25) is 0 Å². The highest BCUT2D eigenvalue weighted by atomic mass is 32.1. The van der Waals surface area contributed by atoms with E-state index >= 15 is 0 Å². The van der Waals surface area contributed by atoms with Gasteiger partial charge in [0.05, 0.1) is 17.1 Å². The molecule has 0 spiro atoms. The number of carbonyl (C=O) groups is 1. The van der Waals surface area contributed by atoms with Crippen molar-refractivity contribution in [3.63, 3.8) is 0 Å². The molecule has 94 valence electrons. The molecule has 1 aliphatic rings. The average Bonchev–Trinajstić information content (AvgIpc) is 2.75. The Morgan fingerprint density at radius 1 is 1.59 bits per heavy atom. The average molecular weight is 254 g/mol. The second-order valence-electron chi connectivity index (χ2n) is 4.55. The van der Waals surface area contributed by atoms with E-state index in [1.165, 1.54) is 0 Å². The first kappa shape index (κ1) is 12.7. The van der Waals surface area contributed by atoms with Gasteiger partial charge in [0.15, 0.2) is 0 Å². The summed E-state index contributed by atoms with van der Waals surface area (Å²) in [5, 5.41) is 2.96. The third-order valence-corrected chi connectivity index (χ3v) is 4.26. The van der Waals surface area contributed by atoms with Gasteiger partial charge in [-0.15, -0.1) is 11.3 Å². The number of aromatic nitrogens is 1. The molecule has 0 unspecified atom stereocenters. The molecule has 4 nitrogen and oxygen atoms in total. The summed E-state index contributed by atoms with van der Waals surface area (Å²) >= 11 is 1.58. The third-order valence-electron chi connectivity index (χ3n) is 3.44. The normalized spacial score (nSPS) is 19.2. The van der Waals surface area contributed by atoms with Gasteiger partial charge in [-0.25, -0.2) is 4.98 Å². The van der Waals surface area contributed by atoms with Gasteiger partial charge in [0, 0.05) is 30.6 Å². The minimum absolute atomic E-state index is 0.216. The highest BCUT2D eigenvalue weighted by Gasteiger charge is 2.38. The fraction of sp³-hybridized carbons (Fsp3) is 0.667. The molecule has 1 saturated heterocycles. The molecule has 5 heteroatoms. The summed E-state index contributed by atoms with van der Waals surface area (Å²) < 4.78 is 5.31. The SMILES string of the molecule is Cc1nc(CC(=O)C2(CN)CCOCC2)cs1. The van der Waals surface area contributed by atoms with Crippen molar-refractivity contribution < 1.29 is 9.53 Å². The van der Waals surface area contributed by atoms with Crippen molar-refractivity contribution >= 4 is 17.1 Å². The minimum Gasteiger partial charge on any atom is -0.381 e. The van der Waals surface area contributed by atoms with Crippen LogP contribution in [0.5, 0.6) is 0 Å². The molecule has 2 N–H and O–H groups in total. The van der Waals surface area contributed by atoms with Crippen molar-refractivity contribution in [3.8, 4) is 0 Å². The van der Waals surface area contributed by atoms with E-state index in [2.05, 4.69) is 4.98 Å². The van der Waals surface area contributed by atoms with Gasteiger partial charge in [0.25, 0.3) is 0 Å². The maximum absolute atomic E-state index is 12.4. The molecule has 2 rings (SSSR count). The zero-order valence-corrected chi connectivity index (χ0v) is 10.9. The summed E-state index contributed by atoms with van der Waals surface area (Å²) in [4.78, 5) is 16.7. The largest absolute Gasteiger partial charge is 0.381 e. The molecule has 1 aromatic rings. The first-order valence-electron chi connectivity index (χ1n) is 5.88. The van der Waals surface area contributed by atoms with E-state index in [0.717, 1.165) is 23.5 Å². The Balaban J connectivity index is 2.07. The molecule has 0 amide bonds. The van der Waals surface area contributed by atoms with Gasteiger partial charge in [-0.05, 0) is 19.8 Å². The first-order valence-corrected chi connectivity index (χ1v) is 6.76. The van der Waals surface area contributed by atoms with E-state index in [4.69, 9.17) is 10.5 Å². The van der Waals surface area contributed by atoms with Gasteiger partial charge in [0.1, 0.15) is 5.78 Å². The van der Waals surface area contributed by atoms with Crippen molar-refractivity contribution in [2.75, 3.05) is 19.8 Å². The second-order valence-corrected chi connectivity index (χ2v) is 5.62. The summed E-state index contributed by atoms with van der Waals surface area (Å²) in [6, 6.07) is 0. The molecule has 0 aromatic carbocycles. The lowest BCUT2D eigenvalue weighted by Crippen LogP contribution is -2.44. The number of hydrogen-bond acceptors (Lipinski definition) is 5. The second kappa shape index (κ2) is 5.25. The molecule has 0 saturated carbocycles. The van der Waals surface area contributed by atoms with Gasteiger partial charge in [-0.2, -0.15) is 0 Å². The summed E-state index contributed by atoms with van der Waals surface area (Å²) in [5.74, 6) is 0.216. The number of nitrogens with two attached hydrogens (primary N) is 1. The number of thiazole rings is 1. The van der Waals surface area contributed by atoms with E-state index in [1.807, 2.05) is 12.3 Å². The third kappa shape index (κ3) is 2.73. The number of aryl methyl sites for hydroxylation is 1. The summed E-state index contributed by atoms with van der Waals surface area (Å²) in [6.45, 7) is 3.64. The molecule has 2 heterocycles. The number of nitrogens with zero attached hydrogens (tertiary/aromatic N) is 1. The Kier molecular flexibility index (Phi) is 3.91. The fourth-order valence-electron chi connectivity index (χ4n) is 2.20. The Labute approximate surface area is 105 Å². The Hall–Kier alpha value is -0.780. The molecule has 0 aliphatic carbocycles. The topological polar surface area (TPSA) is 65.2 Å². The summed E-state index contributed by atoms with van der Waals surface area (Å²) in [7, 11) is 0. The van der Waals surface area contributed by atoms with Crippen LogP contribution in [0.15, 0.2) is 5.38 Å². The van der Waals surface area contributed by atoms with Crippen LogP contribution in [0.25, 0.3) is 0 Å². The molecule has 1 fully saturated rings. The Morgan fingerprint density at radius 3 is 2.82 bits per heavy atom. The molecular formula is C12H18N2O2S. The molecular weight excluding hydrogens is 236 g/mol. The summed E-state index contributed by atoms with van der Waals surface area (Å²) in [6.07, 6.45) is 1.89. The molecule has 1 aliphatic heterocycles. The molecule has 0 atom stereocenters. The van der Waals surface area contributed by atoms with Crippen LogP contribution in [-0.2, 0) is 16.0 Å². The molecule has 0 bridgehead atoms. The van der Waals surface area contributed by atoms with Crippen molar-refractivity contribution in [1.29, 1.82) is 0 Å². The lowest BCUT2D eigenvalue weighted by molar-refractivity contribution is -0.132. The van der Waals surface area contributed by atoms with Crippen molar-refractivity contribution in [2.45, 2.75) is 26.2 Å². The van der Waals surface area contributed by atoms with E-state index in [9.17, 15) is 4.79 Å². The molecule has 0 radical (unpaired) electrons. The van der Waals surface area contributed by atoms with Gasteiger partial charge < -0.3 is 10.5 Å². The van der Waals surface area contributed by atoms with Crippen LogP contribution in [0.1, 0.15) is 23.5 Å². The van der Waals surface area contributed by atoms with Crippen LogP contribution < -0.4 is 5.73 Å². The predicted octanol–water partition coefficient (Wildman–Crippen LogP) is 1.32. The predicted molar refractivity (Wildman–Crippen MR) is 67.1 cm³/mol. The Bertz CT molecular complexity index is 397. The van der Waals surface area contributed by atoms with Gasteiger partial charge in [0.2, 0.25) is 0 Å². The van der Waals surface area contributed by atoms with Crippen molar-refractivity contribution in [3.05, 3.63) is 16.1 Å². The lowest BCUT2D eigenvalue weighted by Gasteiger charge is -2.34. The number of hydrogen-bond donors (Lipinski definition) is 1. The number of ether oxygens (including phenoxy) is 1. The highest BCUT2D eigenvalue weighted by molar-refractivity contribution is 7.09. The maximum Gasteiger partial charge on any atom is 0.146 e. The van der Waals surface area contributed by atoms with Gasteiger partial charge >= 0.3 is 0 Å². The van der Waals surface area contributed by atoms with Crippen LogP contribution in [0.4, 0.5) is 0 Å². The monoisotopic (exact) mass is 254 g/mol. The zero-order valence-electron chi connectivity index (χ0n) is 10.1.